The van der Waals surface area contributed by atoms with Gasteiger partial charge in [-0.1, -0.05) is 13.0 Å². The van der Waals surface area contributed by atoms with Crippen LogP contribution in [-0.4, -0.2) is 34.5 Å². The summed E-state index contributed by atoms with van der Waals surface area (Å²) >= 11 is 0. The molecular formula is C16H20FNO3. The monoisotopic (exact) mass is 293 g/mol. The summed E-state index contributed by atoms with van der Waals surface area (Å²) in [7, 11) is 1.64. The largest absolute Gasteiger partial charge is 0.478 e. The smallest absolute Gasteiger partial charge is 0.328 e. The number of hydrogen-bond donors (Lipinski definition) is 1. The Balaban J connectivity index is 3.05. The van der Waals surface area contributed by atoms with Gasteiger partial charge in [0.25, 0.3) is 5.91 Å². The average molecular weight is 293 g/mol. The Bertz CT molecular complexity index is 579. The number of rotatable bonds is 5. The zero-order valence-electron chi connectivity index (χ0n) is 12.7. The SMILES string of the molecule is CCC(C)(C)N(C)C(=O)c1ccc(C=CC(=O)O)cc1F. The zero-order valence-corrected chi connectivity index (χ0v) is 12.7. The molecule has 1 rings (SSSR count). The fourth-order valence-electron chi connectivity index (χ4n) is 1.67. The lowest BCUT2D eigenvalue weighted by atomic mass is 9.98. The molecule has 4 nitrogen and oxygen atoms in total. The van der Waals surface area contributed by atoms with Gasteiger partial charge in [-0.25, -0.2) is 9.18 Å². The van der Waals surface area contributed by atoms with E-state index >= 15 is 0 Å². The van der Waals surface area contributed by atoms with E-state index in [2.05, 4.69) is 0 Å². The van der Waals surface area contributed by atoms with Gasteiger partial charge < -0.3 is 10.0 Å². The fraction of sp³-hybridized carbons (Fsp3) is 0.375. The number of carbonyl (C=O) groups is 2. The number of nitrogens with zero attached hydrogens (tertiary/aromatic N) is 1. The second-order valence-corrected chi connectivity index (χ2v) is 5.44. The quantitative estimate of drug-likeness (QED) is 0.848. The van der Waals surface area contributed by atoms with Crippen molar-refractivity contribution in [2.45, 2.75) is 32.7 Å². The Morgan fingerprint density at radius 1 is 1.38 bits per heavy atom. The summed E-state index contributed by atoms with van der Waals surface area (Å²) < 4.78 is 14.0. The van der Waals surface area contributed by atoms with Crippen LogP contribution in [0.2, 0.25) is 0 Å². The van der Waals surface area contributed by atoms with Crippen LogP contribution >= 0.6 is 0 Å². The van der Waals surface area contributed by atoms with Gasteiger partial charge in [-0.15, -0.1) is 0 Å². The molecule has 1 N–H and O–H groups in total. The van der Waals surface area contributed by atoms with Crippen LogP contribution in [0.4, 0.5) is 4.39 Å². The van der Waals surface area contributed by atoms with E-state index in [1.54, 1.807) is 7.05 Å². The number of carbonyl (C=O) groups excluding carboxylic acids is 1. The van der Waals surface area contributed by atoms with Crippen LogP contribution in [0.3, 0.4) is 0 Å². The van der Waals surface area contributed by atoms with Crippen molar-refractivity contribution in [3.05, 3.63) is 41.2 Å². The minimum absolute atomic E-state index is 0.0218. The van der Waals surface area contributed by atoms with Crippen LogP contribution in [0.1, 0.15) is 43.1 Å². The van der Waals surface area contributed by atoms with Crippen LogP contribution in [0.15, 0.2) is 24.3 Å². The maximum Gasteiger partial charge on any atom is 0.328 e. The number of carboxylic acid groups (broad SMARTS) is 1. The number of benzene rings is 1. The minimum Gasteiger partial charge on any atom is -0.478 e. The van der Waals surface area contributed by atoms with Crippen molar-refractivity contribution in [2.24, 2.45) is 0 Å². The average Bonchev–Trinajstić information content (AvgIpc) is 2.43. The molecule has 0 bridgehead atoms. The minimum atomic E-state index is -1.11. The molecular weight excluding hydrogens is 273 g/mol. The van der Waals surface area contributed by atoms with Gasteiger partial charge in [-0.05, 0) is 44.0 Å². The van der Waals surface area contributed by atoms with Gasteiger partial charge in [0, 0.05) is 18.7 Å². The first-order valence-corrected chi connectivity index (χ1v) is 6.67. The number of hydrogen-bond acceptors (Lipinski definition) is 2. The maximum atomic E-state index is 14.0. The summed E-state index contributed by atoms with van der Waals surface area (Å²) in [5, 5.41) is 8.54. The van der Waals surface area contributed by atoms with Crippen LogP contribution in [-0.2, 0) is 4.79 Å². The first kappa shape index (κ1) is 16.9. The van der Waals surface area contributed by atoms with Crippen molar-refractivity contribution >= 4 is 18.0 Å². The standard InChI is InChI=1S/C16H20FNO3/c1-5-16(2,3)18(4)15(21)12-8-6-11(10-13(12)17)7-9-14(19)20/h6-10H,5H2,1-4H3,(H,19,20). The third-order valence-corrected chi connectivity index (χ3v) is 3.72. The number of amides is 1. The Morgan fingerprint density at radius 3 is 2.48 bits per heavy atom. The van der Waals surface area contributed by atoms with Gasteiger partial charge in [0.2, 0.25) is 0 Å². The lowest BCUT2D eigenvalue weighted by Gasteiger charge is -2.35. The van der Waals surface area contributed by atoms with E-state index in [1.165, 1.54) is 23.1 Å². The van der Waals surface area contributed by atoms with Crippen LogP contribution in [0.5, 0.6) is 0 Å². The number of carboxylic acids is 1. The first-order valence-electron chi connectivity index (χ1n) is 6.67. The van der Waals surface area contributed by atoms with Crippen molar-refractivity contribution in [3.63, 3.8) is 0 Å². The number of halogens is 1. The molecule has 0 fully saturated rings. The van der Waals surface area contributed by atoms with Gasteiger partial charge in [-0.2, -0.15) is 0 Å². The molecule has 114 valence electrons. The Labute approximate surface area is 123 Å². The van der Waals surface area contributed by atoms with E-state index in [0.29, 0.717) is 5.56 Å². The van der Waals surface area contributed by atoms with Crippen LogP contribution in [0, 0.1) is 5.82 Å². The Kier molecular flexibility index (Phi) is 5.24. The van der Waals surface area contributed by atoms with Gasteiger partial charge in [0.15, 0.2) is 0 Å². The Hall–Kier alpha value is -2.17. The normalized spacial score (nSPS) is 11.7. The summed E-state index contributed by atoms with van der Waals surface area (Å²) in [4.78, 5) is 24.3. The fourth-order valence-corrected chi connectivity index (χ4v) is 1.67. The second kappa shape index (κ2) is 6.52. The predicted molar refractivity (Wildman–Crippen MR) is 79.5 cm³/mol. The highest BCUT2D eigenvalue weighted by atomic mass is 19.1. The van der Waals surface area contributed by atoms with Crippen molar-refractivity contribution in [2.75, 3.05) is 7.05 Å². The van der Waals surface area contributed by atoms with Gasteiger partial charge in [0.1, 0.15) is 5.82 Å². The Morgan fingerprint density at radius 2 is 2.00 bits per heavy atom. The molecule has 0 saturated heterocycles. The molecule has 0 heterocycles. The molecule has 0 unspecified atom stereocenters. The molecule has 0 aliphatic rings. The molecule has 1 aromatic rings. The van der Waals surface area contributed by atoms with Crippen molar-refractivity contribution in [1.29, 1.82) is 0 Å². The highest BCUT2D eigenvalue weighted by Crippen LogP contribution is 2.21. The summed E-state index contributed by atoms with van der Waals surface area (Å²) in [6.45, 7) is 5.78. The molecule has 0 aromatic heterocycles. The first-order chi connectivity index (χ1) is 9.69. The van der Waals surface area contributed by atoms with E-state index < -0.39 is 17.7 Å². The van der Waals surface area contributed by atoms with Gasteiger partial charge in [-0.3, -0.25) is 4.79 Å². The van der Waals surface area contributed by atoms with Crippen molar-refractivity contribution < 1.29 is 19.1 Å². The van der Waals surface area contributed by atoms with Crippen molar-refractivity contribution in [1.82, 2.24) is 4.90 Å². The van der Waals surface area contributed by atoms with E-state index in [-0.39, 0.29) is 11.1 Å². The number of aliphatic carboxylic acids is 1. The third-order valence-electron chi connectivity index (χ3n) is 3.72. The molecule has 21 heavy (non-hydrogen) atoms. The molecule has 0 atom stereocenters. The molecule has 1 aromatic carbocycles. The molecule has 1 amide bonds. The van der Waals surface area contributed by atoms with Crippen LogP contribution in [0.25, 0.3) is 6.08 Å². The highest BCUT2D eigenvalue weighted by Gasteiger charge is 2.27. The van der Waals surface area contributed by atoms with E-state index in [0.717, 1.165) is 18.6 Å². The van der Waals surface area contributed by atoms with Crippen molar-refractivity contribution in [3.8, 4) is 0 Å². The molecule has 0 aliphatic heterocycles. The lowest BCUT2D eigenvalue weighted by molar-refractivity contribution is -0.131. The van der Waals surface area contributed by atoms with Gasteiger partial charge >= 0.3 is 5.97 Å². The van der Waals surface area contributed by atoms with E-state index in [9.17, 15) is 14.0 Å². The summed E-state index contributed by atoms with van der Waals surface area (Å²) in [5.41, 5.74) is 0.00106. The molecule has 0 aliphatic carbocycles. The molecule has 0 radical (unpaired) electrons. The van der Waals surface area contributed by atoms with E-state index in [1.807, 2.05) is 20.8 Å². The molecule has 0 spiro atoms. The van der Waals surface area contributed by atoms with E-state index in [4.69, 9.17) is 5.11 Å². The maximum absolute atomic E-state index is 14.0. The van der Waals surface area contributed by atoms with Crippen LogP contribution < -0.4 is 0 Å². The predicted octanol–water partition coefficient (Wildman–Crippen LogP) is 3.18. The summed E-state index contributed by atoms with van der Waals surface area (Å²) in [6.07, 6.45) is 2.94. The topological polar surface area (TPSA) is 57.6 Å². The third kappa shape index (κ3) is 4.15. The summed E-state index contributed by atoms with van der Waals surface area (Å²) in [6, 6.07) is 4.05. The lowest BCUT2D eigenvalue weighted by Crippen LogP contribution is -2.44. The molecule has 0 saturated carbocycles. The second-order valence-electron chi connectivity index (χ2n) is 5.44. The summed E-state index contributed by atoms with van der Waals surface area (Å²) in [5.74, 6) is -2.17. The molecule has 5 heteroatoms. The van der Waals surface area contributed by atoms with Gasteiger partial charge in [0.05, 0.1) is 5.56 Å². The highest BCUT2D eigenvalue weighted by molar-refractivity contribution is 5.95. The zero-order chi connectivity index (χ0) is 16.2.